The topological polar surface area (TPSA) is 44.4 Å². The summed E-state index contributed by atoms with van der Waals surface area (Å²) in [6.45, 7) is 7.70. The van der Waals surface area contributed by atoms with E-state index in [4.69, 9.17) is 0 Å². The molecule has 21 heavy (non-hydrogen) atoms. The van der Waals surface area contributed by atoms with E-state index in [0.29, 0.717) is 13.0 Å². The Balaban J connectivity index is 0. The van der Waals surface area contributed by atoms with Crippen molar-refractivity contribution in [3.63, 3.8) is 0 Å². The molecule has 1 atom stereocenters. The van der Waals surface area contributed by atoms with E-state index in [1.165, 1.54) is 5.56 Å². The fraction of sp³-hybridized carbons (Fsp3) is 0.643. The number of rotatable bonds is 9. The fourth-order valence-electron chi connectivity index (χ4n) is 2.12. The standard InChI is InChI=1S/C14H25N3OS.2ClH/c1-4-17(5-2)13(12-7-9-19-11-12)10-16-14(18)6-8-15-3;;/h7,9,11,13,15H,4-6,8,10H2,1-3H3,(H,16,18);2*1H. The van der Waals surface area contributed by atoms with Crippen molar-refractivity contribution in [3.8, 4) is 0 Å². The monoisotopic (exact) mass is 355 g/mol. The van der Waals surface area contributed by atoms with Gasteiger partial charge in [-0.1, -0.05) is 13.8 Å². The number of hydrogen-bond acceptors (Lipinski definition) is 4. The Hall–Kier alpha value is -0.330. The van der Waals surface area contributed by atoms with Gasteiger partial charge in [0.15, 0.2) is 0 Å². The molecular weight excluding hydrogens is 329 g/mol. The molecule has 0 saturated heterocycles. The summed E-state index contributed by atoms with van der Waals surface area (Å²) in [4.78, 5) is 14.1. The molecule has 0 bridgehead atoms. The predicted molar refractivity (Wildman–Crippen MR) is 96.0 cm³/mol. The first kappa shape index (κ1) is 22.9. The van der Waals surface area contributed by atoms with Crippen LogP contribution < -0.4 is 10.6 Å². The Morgan fingerprint density at radius 2 is 2.00 bits per heavy atom. The molecule has 4 nitrogen and oxygen atoms in total. The molecular formula is C14H27Cl2N3OS. The Kier molecular flexibility index (Phi) is 14.6. The lowest BCUT2D eigenvalue weighted by molar-refractivity contribution is -0.121. The molecule has 1 heterocycles. The molecule has 2 N–H and O–H groups in total. The van der Waals surface area contributed by atoms with Gasteiger partial charge in [0.25, 0.3) is 0 Å². The second-order valence-corrected chi connectivity index (χ2v) is 5.23. The maximum atomic E-state index is 11.7. The predicted octanol–water partition coefficient (Wildman–Crippen LogP) is 2.70. The summed E-state index contributed by atoms with van der Waals surface area (Å²) in [5.41, 5.74) is 1.29. The second-order valence-electron chi connectivity index (χ2n) is 4.45. The molecule has 0 saturated carbocycles. The van der Waals surface area contributed by atoms with Gasteiger partial charge in [0.2, 0.25) is 5.91 Å². The summed E-state index contributed by atoms with van der Waals surface area (Å²) >= 11 is 1.71. The maximum absolute atomic E-state index is 11.7. The van der Waals surface area contributed by atoms with Crippen LogP contribution in [0.1, 0.15) is 31.9 Å². The zero-order valence-electron chi connectivity index (χ0n) is 12.9. The minimum absolute atomic E-state index is 0. The van der Waals surface area contributed by atoms with Gasteiger partial charge < -0.3 is 10.6 Å². The summed E-state index contributed by atoms with van der Waals surface area (Å²) in [6.07, 6.45) is 0.533. The quantitative estimate of drug-likeness (QED) is 0.715. The average Bonchev–Trinajstić information content (AvgIpc) is 2.94. The highest BCUT2D eigenvalue weighted by molar-refractivity contribution is 7.07. The van der Waals surface area contributed by atoms with Crippen LogP contribution in [0.5, 0.6) is 0 Å². The molecule has 7 heteroatoms. The first-order chi connectivity index (χ1) is 9.22. The Morgan fingerprint density at radius 3 is 2.48 bits per heavy atom. The van der Waals surface area contributed by atoms with Gasteiger partial charge in [-0.3, -0.25) is 9.69 Å². The van der Waals surface area contributed by atoms with Gasteiger partial charge in [-0.2, -0.15) is 11.3 Å². The molecule has 1 aromatic heterocycles. The van der Waals surface area contributed by atoms with E-state index in [0.717, 1.165) is 19.6 Å². The zero-order chi connectivity index (χ0) is 14.1. The normalized spacial score (nSPS) is 11.4. The van der Waals surface area contributed by atoms with E-state index in [-0.39, 0.29) is 36.8 Å². The zero-order valence-corrected chi connectivity index (χ0v) is 15.4. The summed E-state index contributed by atoms with van der Waals surface area (Å²) in [5.74, 6) is 0.113. The molecule has 1 unspecified atom stereocenters. The van der Waals surface area contributed by atoms with Crippen LogP contribution in [-0.2, 0) is 4.79 Å². The molecule has 0 spiro atoms. The molecule has 1 aromatic rings. The van der Waals surface area contributed by atoms with Gasteiger partial charge in [-0.15, -0.1) is 24.8 Å². The molecule has 1 rings (SSSR count). The average molecular weight is 356 g/mol. The summed E-state index contributed by atoms with van der Waals surface area (Å²) < 4.78 is 0. The highest BCUT2D eigenvalue weighted by Gasteiger charge is 2.18. The first-order valence-electron chi connectivity index (χ1n) is 6.90. The van der Waals surface area contributed by atoms with Gasteiger partial charge in [0, 0.05) is 19.5 Å². The van der Waals surface area contributed by atoms with Crippen molar-refractivity contribution in [3.05, 3.63) is 22.4 Å². The lowest BCUT2D eigenvalue weighted by Crippen LogP contribution is -2.38. The highest BCUT2D eigenvalue weighted by Crippen LogP contribution is 2.22. The van der Waals surface area contributed by atoms with Crippen LogP contribution in [0.4, 0.5) is 0 Å². The Bertz CT molecular complexity index is 359. The highest BCUT2D eigenvalue weighted by atomic mass is 35.5. The number of nitrogens with zero attached hydrogens (tertiary/aromatic N) is 1. The smallest absolute Gasteiger partial charge is 0.221 e. The van der Waals surface area contributed by atoms with Crippen LogP contribution in [0, 0.1) is 0 Å². The number of thiophene rings is 1. The van der Waals surface area contributed by atoms with Gasteiger partial charge in [0.1, 0.15) is 0 Å². The fourth-order valence-corrected chi connectivity index (χ4v) is 2.83. The van der Waals surface area contributed by atoms with Crippen LogP contribution >= 0.6 is 36.2 Å². The second kappa shape index (κ2) is 13.3. The molecule has 0 aliphatic heterocycles. The molecule has 124 valence electrons. The van der Waals surface area contributed by atoms with E-state index in [9.17, 15) is 4.79 Å². The molecule has 0 fully saturated rings. The third kappa shape index (κ3) is 8.02. The van der Waals surface area contributed by atoms with E-state index >= 15 is 0 Å². The van der Waals surface area contributed by atoms with E-state index in [2.05, 4.69) is 46.2 Å². The van der Waals surface area contributed by atoms with E-state index < -0.39 is 0 Å². The van der Waals surface area contributed by atoms with Crippen molar-refractivity contribution >= 4 is 42.1 Å². The van der Waals surface area contributed by atoms with Gasteiger partial charge >= 0.3 is 0 Å². The lowest BCUT2D eigenvalue weighted by Gasteiger charge is -2.29. The summed E-state index contributed by atoms with van der Waals surface area (Å²) in [7, 11) is 1.86. The van der Waals surface area contributed by atoms with E-state index in [1.807, 2.05) is 7.05 Å². The van der Waals surface area contributed by atoms with Crippen LogP contribution in [0.3, 0.4) is 0 Å². The number of likely N-dealkylation sites (N-methyl/N-ethyl adjacent to an activating group) is 1. The van der Waals surface area contributed by atoms with Gasteiger partial charge in [-0.25, -0.2) is 0 Å². The van der Waals surface area contributed by atoms with Crippen molar-refractivity contribution in [2.24, 2.45) is 0 Å². The van der Waals surface area contributed by atoms with Crippen molar-refractivity contribution in [1.29, 1.82) is 0 Å². The molecule has 0 aromatic carbocycles. The number of carbonyl (C=O) groups excluding carboxylic acids is 1. The number of hydrogen-bond donors (Lipinski definition) is 2. The third-order valence-corrected chi connectivity index (χ3v) is 3.98. The summed E-state index contributed by atoms with van der Waals surface area (Å²) in [5, 5.41) is 10.3. The molecule has 0 aliphatic carbocycles. The third-order valence-electron chi connectivity index (χ3n) is 3.28. The first-order valence-corrected chi connectivity index (χ1v) is 7.84. The van der Waals surface area contributed by atoms with Crippen molar-refractivity contribution in [1.82, 2.24) is 15.5 Å². The molecule has 1 amide bonds. The van der Waals surface area contributed by atoms with Crippen molar-refractivity contribution in [2.75, 3.05) is 33.2 Å². The summed E-state index contributed by atoms with van der Waals surface area (Å²) in [6, 6.07) is 2.42. The minimum atomic E-state index is 0. The van der Waals surface area contributed by atoms with Crippen LogP contribution in [-0.4, -0.2) is 44.0 Å². The molecule has 0 aliphatic rings. The number of amides is 1. The van der Waals surface area contributed by atoms with Crippen LogP contribution in [0.15, 0.2) is 16.8 Å². The number of halogens is 2. The van der Waals surface area contributed by atoms with Crippen LogP contribution in [0.25, 0.3) is 0 Å². The SMILES string of the molecule is CCN(CC)C(CNC(=O)CCNC)c1ccsc1.Cl.Cl. The van der Waals surface area contributed by atoms with Crippen molar-refractivity contribution < 1.29 is 4.79 Å². The maximum Gasteiger partial charge on any atom is 0.221 e. The Morgan fingerprint density at radius 1 is 1.33 bits per heavy atom. The molecule has 0 radical (unpaired) electrons. The van der Waals surface area contributed by atoms with Crippen molar-refractivity contribution in [2.45, 2.75) is 26.3 Å². The Labute approximate surface area is 144 Å². The number of nitrogens with one attached hydrogen (secondary N) is 2. The minimum Gasteiger partial charge on any atom is -0.354 e. The lowest BCUT2D eigenvalue weighted by atomic mass is 10.1. The van der Waals surface area contributed by atoms with Gasteiger partial charge in [0.05, 0.1) is 6.04 Å². The number of carbonyl (C=O) groups is 1. The van der Waals surface area contributed by atoms with Gasteiger partial charge in [-0.05, 0) is 42.5 Å². The van der Waals surface area contributed by atoms with E-state index in [1.54, 1.807) is 11.3 Å². The largest absolute Gasteiger partial charge is 0.354 e. The van der Waals surface area contributed by atoms with Crippen LogP contribution in [0.2, 0.25) is 0 Å².